The Balaban J connectivity index is 1.64. The molecule has 1 N–H and O–H groups in total. The number of hydrogen-bond acceptors (Lipinski definition) is 3. The standard InChI is InChI=1S/C18H15F3N4O/c1-25-11-14(10-24-25)16-6-5-12(8-22-16)9-23-17(26)13-3-2-4-15(7-13)18(19,20)21/h2-8,10-11H,9H2,1H3,(H,23,26). The lowest BCUT2D eigenvalue weighted by molar-refractivity contribution is -0.137. The van der Waals surface area contributed by atoms with Gasteiger partial charge in [-0.25, -0.2) is 0 Å². The first kappa shape index (κ1) is 17.7. The second-order valence-electron chi connectivity index (χ2n) is 5.72. The van der Waals surface area contributed by atoms with Gasteiger partial charge in [0.1, 0.15) is 0 Å². The molecule has 3 aromatic rings. The van der Waals surface area contributed by atoms with Gasteiger partial charge < -0.3 is 5.32 Å². The van der Waals surface area contributed by atoms with Crippen molar-refractivity contribution >= 4 is 5.91 Å². The number of carbonyl (C=O) groups excluding carboxylic acids is 1. The quantitative estimate of drug-likeness (QED) is 0.775. The molecular formula is C18H15F3N4O. The van der Waals surface area contributed by atoms with Crippen LogP contribution in [0.25, 0.3) is 11.3 Å². The van der Waals surface area contributed by atoms with Crippen molar-refractivity contribution in [3.63, 3.8) is 0 Å². The Morgan fingerprint density at radius 2 is 2.00 bits per heavy atom. The number of nitrogens with one attached hydrogen (secondary N) is 1. The summed E-state index contributed by atoms with van der Waals surface area (Å²) in [6.07, 6.45) is 0.645. The fourth-order valence-electron chi connectivity index (χ4n) is 2.37. The molecule has 0 atom stereocenters. The normalized spacial score (nSPS) is 11.4. The van der Waals surface area contributed by atoms with Crippen molar-refractivity contribution in [3.05, 3.63) is 71.7 Å². The molecule has 0 fully saturated rings. The molecule has 0 bridgehead atoms. The molecule has 2 aromatic heterocycles. The van der Waals surface area contributed by atoms with Gasteiger partial charge in [-0.1, -0.05) is 12.1 Å². The molecular weight excluding hydrogens is 345 g/mol. The number of halogens is 3. The molecule has 0 aliphatic heterocycles. The van der Waals surface area contributed by atoms with Gasteiger partial charge >= 0.3 is 6.18 Å². The average molecular weight is 360 g/mol. The van der Waals surface area contributed by atoms with Crippen LogP contribution in [0.15, 0.2) is 55.0 Å². The molecule has 1 amide bonds. The first-order valence-corrected chi connectivity index (χ1v) is 7.72. The molecule has 0 aliphatic rings. The molecule has 2 heterocycles. The van der Waals surface area contributed by atoms with Gasteiger partial charge in [-0.05, 0) is 29.8 Å². The van der Waals surface area contributed by atoms with Crippen LogP contribution in [0.5, 0.6) is 0 Å². The third kappa shape index (κ3) is 4.08. The van der Waals surface area contributed by atoms with Crippen LogP contribution in [0.3, 0.4) is 0 Å². The van der Waals surface area contributed by atoms with Crippen molar-refractivity contribution in [3.8, 4) is 11.3 Å². The van der Waals surface area contributed by atoms with Gasteiger partial charge in [0.05, 0.1) is 17.5 Å². The Hall–Kier alpha value is -3.16. The molecule has 0 unspecified atom stereocenters. The van der Waals surface area contributed by atoms with Gasteiger partial charge in [0, 0.05) is 37.1 Å². The Bertz CT molecular complexity index is 917. The van der Waals surface area contributed by atoms with Crippen molar-refractivity contribution in [2.24, 2.45) is 7.05 Å². The van der Waals surface area contributed by atoms with Gasteiger partial charge in [0.25, 0.3) is 5.91 Å². The summed E-state index contributed by atoms with van der Waals surface area (Å²) in [5.74, 6) is -0.576. The predicted octanol–water partition coefficient (Wildman–Crippen LogP) is 3.43. The van der Waals surface area contributed by atoms with Crippen molar-refractivity contribution in [2.75, 3.05) is 0 Å². The highest BCUT2D eigenvalue weighted by Gasteiger charge is 2.30. The molecule has 0 spiro atoms. The number of rotatable bonds is 4. The fourth-order valence-corrected chi connectivity index (χ4v) is 2.37. The number of benzene rings is 1. The molecule has 0 saturated carbocycles. The van der Waals surface area contributed by atoms with Gasteiger partial charge in [-0.2, -0.15) is 18.3 Å². The number of pyridine rings is 1. The Morgan fingerprint density at radius 1 is 1.19 bits per heavy atom. The van der Waals surface area contributed by atoms with E-state index in [1.807, 2.05) is 6.20 Å². The van der Waals surface area contributed by atoms with E-state index >= 15 is 0 Å². The van der Waals surface area contributed by atoms with Crippen molar-refractivity contribution in [1.29, 1.82) is 0 Å². The molecule has 1 aromatic carbocycles. The van der Waals surface area contributed by atoms with Crippen LogP contribution < -0.4 is 5.32 Å². The van der Waals surface area contributed by atoms with E-state index in [0.29, 0.717) is 0 Å². The molecule has 26 heavy (non-hydrogen) atoms. The van der Waals surface area contributed by atoms with E-state index in [1.54, 1.807) is 36.3 Å². The second-order valence-corrected chi connectivity index (χ2v) is 5.72. The Morgan fingerprint density at radius 3 is 2.62 bits per heavy atom. The van der Waals surface area contributed by atoms with Crippen LogP contribution >= 0.6 is 0 Å². The highest BCUT2D eigenvalue weighted by molar-refractivity contribution is 5.94. The van der Waals surface area contributed by atoms with E-state index in [2.05, 4.69) is 15.4 Å². The summed E-state index contributed by atoms with van der Waals surface area (Å²) >= 11 is 0. The number of alkyl halides is 3. The first-order valence-electron chi connectivity index (χ1n) is 7.72. The lowest BCUT2D eigenvalue weighted by atomic mass is 10.1. The highest BCUT2D eigenvalue weighted by atomic mass is 19.4. The monoisotopic (exact) mass is 360 g/mol. The largest absolute Gasteiger partial charge is 0.416 e. The first-order chi connectivity index (χ1) is 12.3. The highest BCUT2D eigenvalue weighted by Crippen LogP contribution is 2.29. The van der Waals surface area contributed by atoms with Gasteiger partial charge in [0.15, 0.2) is 0 Å². The van der Waals surface area contributed by atoms with Gasteiger partial charge in [-0.15, -0.1) is 0 Å². The summed E-state index contributed by atoms with van der Waals surface area (Å²) in [7, 11) is 1.81. The molecule has 8 heteroatoms. The van der Waals surface area contributed by atoms with Crippen LogP contribution in [0.2, 0.25) is 0 Å². The summed E-state index contributed by atoms with van der Waals surface area (Å²) in [5.41, 5.74) is 1.45. The molecule has 134 valence electrons. The van der Waals surface area contributed by atoms with E-state index in [1.165, 1.54) is 12.1 Å². The van der Waals surface area contributed by atoms with Gasteiger partial charge in [0.2, 0.25) is 0 Å². The van der Waals surface area contributed by atoms with E-state index in [-0.39, 0.29) is 12.1 Å². The minimum Gasteiger partial charge on any atom is -0.348 e. The van der Waals surface area contributed by atoms with Gasteiger partial charge in [-0.3, -0.25) is 14.5 Å². The number of carbonyl (C=O) groups is 1. The molecule has 3 rings (SSSR count). The summed E-state index contributed by atoms with van der Waals surface area (Å²) in [5, 5.41) is 6.67. The van der Waals surface area contributed by atoms with Crippen LogP contribution in [0.1, 0.15) is 21.5 Å². The number of amides is 1. The third-order valence-corrected chi connectivity index (χ3v) is 3.73. The third-order valence-electron chi connectivity index (χ3n) is 3.73. The average Bonchev–Trinajstić information content (AvgIpc) is 3.06. The topological polar surface area (TPSA) is 59.8 Å². The summed E-state index contributed by atoms with van der Waals surface area (Å²) < 4.78 is 39.8. The Kier molecular flexibility index (Phi) is 4.75. The smallest absolute Gasteiger partial charge is 0.348 e. The minimum atomic E-state index is -4.48. The molecule has 5 nitrogen and oxygen atoms in total. The van der Waals surface area contributed by atoms with E-state index in [4.69, 9.17) is 0 Å². The van der Waals surface area contributed by atoms with Crippen molar-refractivity contribution in [2.45, 2.75) is 12.7 Å². The van der Waals surface area contributed by atoms with Crippen molar-refractivity contribution < 1.29 is 18.0 Å². The fraction of sp³-hybridized carbons (Fsp3) is 0.167. The van der Waals surface area contributed by atoms with E-state index in [9.17, 15) is 18.0 Å². The molecule has 0 radical (unpaired) electrons. The lowest BCUT2D eigenvalue weighted by Crippen LogP contribution is -2.23. The number of hydrogen-bond donors (Lipinski definition) is 1. The maximum atomic E-state index is 12.7. The summed E-state index contributed by atoms with van der Waals surface area (Å²) in [4.78, 5) is 16.4. The summed E-state index contributed by atoms with van der Waals surface area (Å²) in [6, 6.07) is 7.90. The summed E-state index contributed by atoms with van der Waals surface area (Å²) in [6.45, 7) is 0.162. The second kappa shape index (κ2) is 6.99. The zero-order valence-corrected chi connectivity index (χ0v) is 13.8. The maximum absolute atomic E-state index is 12.7. The van der Waals surface area contributed by atoms with Crippen LogP contribution in [-0.2, 0) is 19.8 Å². The van der Waals surface area contributed by atoms with E-state index < -0.39 is 17.6 Å². The van der Waals surface area contributed by atoms with Crippen LogP contribution in [0.4, 0.5) is 13.2 Å². The number of aryl methyl sites for hydroxylation is 1. The number of aromatic nitrogens is 3. The SMILES string of the molecule is Cn1cc(-c2ccc(CNC(=O)c3cccc(C(F)(F)F)c3)cn2)cn1. The lowest BCUT2D eigenvalue weighted by Gasteiger charge is -2.09. The minimum absolute atomic E-state index is 0.0419. The Labute approximate surface area is 147 Å². The molecule has 0 saturated heterocycles. The van der Waals surface area contributed by atoms with Crippen LogP contribution in [0, 0.1) is 0 Å². The zero-order chi connectivity index (χ0) is 18.7. The van der Waals surface area contributed by atoms with Crippen LogP contribution in [-0.4, -0.2) is 20.7 Å². The predicted molar refractivity (Wildman–Crippen MR) is 89.1 cm³/mol. The molecule has 0 aliphatic carbocycles. The van der Waals surface area contributed by atoms with Crippen molar-refractivity contribution in [1.82, 2.24) is 20.1 Å². The maximum Gasteiger partial charge on any atom is 0.416 e. The number of nitrogens with zero attached hydrogens (tertiary/aromatic N) is 3. The zero-order valence-electron chi connectivity index (χ0n) is 13.8. The van der Waals surface area contributed by atoms with E-state index in [0.717, 1.165) is 29.0 Å².